The number of aromatic nitrogens is 2. The largest absolute Gasteiger partial charge is 0.376 e. The Morgan fingerprint density at radius 2 is 1.75 bits per heavy atom. The van der Waals surface area contributed by atoms with Crippen LogP contribution in [-0.4, -0.2) is 34.2 Å². The van der Waals surface area contributed by atoms with E-state index in [4.69, 9.17) is 0 Å². The first-order chi connectivity index (χ1) is 13.6. The van der Waals surface area contributed by atoms with Gasteiger partial charge in [0.2, 0.25) is 0 Å². The number of carbonyl (C=O) groups excluding carboxylic acids is 2. The van der Waals surface area contributed by atoms with Crippen LogP contribution in [0.4, 0.5) is 5.69 Å². The molecule has 7 nitrogen and oxygen atoms in total. The summed E-state index contributed by atoms with van der Waals surface area (Å²) in [6, 6.07) is 17.2. The summed E-state index contributed by atoms with van der Waals surface area (Å²) in [4.78, 5) is 28.9. The van der Waals surface area contributed by atoms with Crippen LogP contribution in [0, 0.1) is 6.92 Å². The average Bonchev–Trinajstić information content (AvgIpc) is 3.16. The van der Waals surface area contributed by atoms with E-state index in [-0.39, 0.29) is 12.5 Å². The normalized spacial score (nSPS) is 10.4. The van der Waals surface area contributed by atoms with Gasteiger partial charge in [-0.05, 0) is 37.4 Å². The van der Waals surface area contributed by atoms with Gasteiger partial charge >= 0.3 is 0 Å². The first-order valence-electron chi connectivity index (χ1n) is 8.65. The van der Waals surface area contributed by atoms with Crippen LogP contribution in [0.25, 0.3) is 5.69 Å². The van der Waals surface area contributed by atoms with Gasteiger partial charge < -0.3 is 5.32 Å². The number of aryl methyl sites for hydroxylation is 1. The van der Waals surface area contributed by atoms with E-state index in [1.807, 2.05) is 67.8 Å². The Morgan fingerprint density at radius 1 is 1.04 bits per heavy atom. The van der Waals surface area contributed by atoms with Crippen molar-refractivity contribution >= 4 is 29.3 Å². The maximum absolute atomic E-state index is 12.6. The van der Waals surface area contributed by atoms with E-state index in [2.05, 4.69) is 21.2 Å². The third-order valence-corrected chi connectivity index (χ3v) is 4.63. The lowest BCUT2D eigenvalue weighted by Crippen LogP contribution is -2.44. The fourth-order valence-electron chi connectivity index (χ4n) is 2.55. The van der Waals surface area contributed by atoms with E-state index < -0.39 is 5.91 Å². The van der Waals surface area contributed by atoms with Gasteiger partial charge in [0, 0.05) is 11.4 Å². The lowest BCUT2D eigenvalue weighted by molar-refractivity contribution is -0.120. The third-order valence-electron chi connectivity index (χ3n) is 3.98. The summed E-state index contributed by atoms with van der Waals surface area (Å²) in [6.07, 6.45) is 3.38. The SMILES string of the molecule is CSc1ncc(C(=O)NNC(=O)CNc2ccc(C)cc2)n1-c1ccccc1. The van der Waals surface area contributed by atoms with E-state index in [0.717, 1.165) is 16.9 Å². The molecule has 1 aromatic heterocycles. The van der Waals surface area contributed by atoms with Gasteiger partial charge in [0.15, 0.2) is 5.16 Å². The number of thioether (sulfide) groups is 1. The van der Waals surface area contributed by atoms with Crippen molar-refractivity contribution in [3.05, 3.63) is 72.1 Å². The zero-order valence-electron chi connectivity index (χ0n) is 15.6. The van der Waals surface area contributed by atoms with E-state index in [1.54, 1.807) is 4.57 Å². The molecule has 0 radical (unpaired) electrons. The monoisotopic (exact) mass is 395 g/mol. The van der Waals surface area contributed by atoms with Crippen LogP contribution in [0.1, 0.15) is 16.1 Å². The molecule has 28 heavy (non-hydrogen) atoms. The molecule has 144 valence electrons. The first-order valence-corrected chi connectivity index (χ1v) is 9.88. The number of imidazole rings is 1. The Morgan fingerprint density at radius 3 is 2.43 bits per heavy atom. The van der Waals surface area contributed by atoms with Crippen molar-refractivity contribution < 1.29 is 9.59 Å². The molecule has 3 aromatic rings. The number of rotatable bonds is 6. The van der Waals surface area contributed by atoms with Crippen molar-refractivity contribution in [3.8, 4) is 5.69 Å². The minimum absolute atomic E-state index is 0.0390. The van der Waals surface area contributed by atoms with Gasteiger partial charge in [-0.2, -0.15) is 0 Å². The molecule has 0 aliphatic heterocycles. The number of para-hydroxylation sites is 1. The van der Waals surface area contributed by atoms with Crippen molar-refractivity contribution in [2.75, 3.05) is 18.1 Å². The molecule has 0 saturated heterocycles. The predicted octanol–water partition coefficient (Wildman–Crippen LogP) is 2.78. The molecule has 0 aliphatic rings. The van der Waals surface area contributed by atoms with Crippen molar-refractivity contribution in [2.45, 2.75) is 12.1 Å². The summed E-state index contributed by atoms with van der Waals surface area (Å²) < 4.78 is 1.75. The standard InChI is InChI=1S/C20H21N5O2S/c1-14-8-10-15(11-9-14)21-13-18(26)23-24-19(27)17-12-22-20(28-2)25(17)16-6-4-3-5-7-16/h3-12,21H,13H2,1-2H3,(H,23,26)(H,24,27). The number of hydrazine groups is 1. The Kier molecular flexibility index (Phi) is 6.33. The summed E-state index contributed by atoms with van der Waals surface area (Å²) >= 11 is 1.43. The number of hydrogen-bond donors (Lipinski definition) is 3. The second-order valence-corrected chi connectivity index (χ2v) is 6.80. The maximum Gasteiger partial charge on any atom is 0.288 e. The number of nitrogens with one attached hydrogen (secondary N) is 3. The number of nitrogens with zero attached hydrogens (tertiary/aromatic N) is 2. The maximum atomic E-state index is 12.6. The van der Waals surface area contributed by atoms with Crippen LogP contribution < -0.4 is 16.2 Å². The molecular formula is C20H21N5O2S. The van der Waals surface area contributed by atoms with Gasteiger partial charge in [0.1, 0.15) is 5.69 Å². The Hall–Kier alpha value is -3.26. The van der Waals surface area contributed by atoms with Crippen molar-refractivity contribution in [3.63, 3.8) is 0 Å². The summed E-state index contributed by atoms with van der Waals surface area (Å²) in [5, 5.41) is 3.69. The Labute approximate surface area is 167 Å². The van der Waals surface area contributed by atoms with Crippen molar-refractivity contribution in [1.29, 1.82) is 0 Å². The summed E-state index contributed by atoms with van der Waals surface area (Å²) in [5.74, 6) is -0.801. The van der Waals surface area contributed by atoms with Crippen LogP contribution in [0.15, 0.2) is 66.0 Å². The Bertz CT molecular complexity index is 954. The zero-order valence-corrected chi connectivity index (χ0v) is 16.4. The molecular weight excluding hydrogens is 374 g/mol. The van der Waals surface area contributed by atoms with Gasteiger partial charge in [0.05, 0.1) is 12.7 Å². The van der Waals surface area contributed by atoms with Gasteiger partial charge in [-0.3, -0.25) is 25.0 Å². The highest BCUT2D eigenvalue weighted by Gasteiger charge is 2.18. The molecule has 2 amide bonds. The van der Waals surface area contributed by atoms with Gasteiger partial charge in [0.25, 0.3) is 11.8 Å². The van der Waals surface area contributed by atoms with Crippen molar-refractivity contribution in [1.82, 2.24) is 20.4 Å². The van der Waals surface area contributed by atoms with Gasteiger partial charge in [-0.1, -0.05) is 47.7 Å². The number of hydrogen-bond acceptors (Lipinski definition) is 5. The molecule has 0 fully saturated rings. The quantitative estimate of drug-likeness (QED) is 0.441. The molecule has 8 heteroatoms. The molecule has 1 heterocycles. The minimum Gasteiger partial charge on any atom is -0.376 e. The lowest BCUT2D eigenvalue weighted by atomic mass is 10.2. The smallest absolute Gasteiger partial charge is 0.288 e. The van der Waals surface area contributed by atoms with Crippen LogP contribution >= 0.6 is 11.8 Å². The number of benzene rings is 2. The molecule has 3 rings (SSSR count). The summed E-state index contributed by atoms with van der Waals surface area (Å²) in [6.45, 7) is 2.03. The predicted molar refractivity (Wildman–Crippen MR) is 111 cm³/mol. The third kappa shape index (κ3) is 4.72. The van der Waals surface area contributed by atoms with Gasteiger partial charge in [-0.15, -0.1) is 0 Å². The van der Waals surface area contributed by atoms with Gasteiger partial charge in [-0.25, -0.2) is 4.98 Å². The fraction of sp³-hybridized carbons (Fsp3) is 0.150. The fourth-order valence-corrected chi connectivity index (χ4v) is 3.10. The molecule has 0 unspecified atom stereocenters. The molecule has 0 spiro atoms. The van der Waals surface area contributed by atoms with E-state index in [9.17, 15) is 9.59 Å². The number of carbonyl (C=O) groups is 2. The van der Waals surface area contributed by atoms with Crippen LogP contribution in [0.3, 0.4) is 0 Å². The number of anilines is 1. The molecule has 2 aromatic carbocycles. The summed E-state index contributed by atoms with van der Waals surface area (Å²) in [5.41, 5.74) is 7.99. The molecule has 0 atom stereocenters. The van der Waals surface area contributed by atoms with Crippen molar-refractivity contribution in [2.24, 2.45) is 0 Å². The van der Waals surface area contributed by atoms with Crippen LogP contribution in [0.5, 0.6) is 0 Å². The van der Waals surface area contributed by atoms with Crippen LogP contribution in [0.2, 0.25) is 0 Å². The molecule has 0 aliphatic carbocycles. The lowest BCUT2D eigenvalue weighted by Gasteiger charge is -2.12. The van der Waals surface area contributed by atoms with E-state index in [0.29, 0.717) is 10.9 Å². The van der Waals surface area contributed by atoms with Crippen LogP contribution in [-0.2, 0) is 4.79 Å². The molecule has 0 saturated carbocycles. The second-order valence-electron chi connectivity index (χ2n) is 6.02. The second kappa shape index (κ2) is 9.09. The molecule has 0 bridgehead atoms. The van der Waals surface area contributed by atoms with E-state index in [1.165, 1.54) is 18.0 Å². The highest BCUT2D eigenvalue weighted by molar-refractivity contribution is 7.98. The average molecular weight is 395 g/mol. The minimum atomic E-state index is -0.444. The zero-order chi connectivity index (χ0) is 19.9. The topological polar surface area (TPSA) is 88.1 Å². The van der Waals surface area contributed by atoms with E-state index >= 15 is 0 Å². The highest BCUT2D eigenvalue weighted by atomic mass is 32.2. The molecule has 3 N–H and O–H groups in total. The summed E-state index contributed by atoms with van der Waals surface area (Å²) in [7, 11) is 0. The first kappa shape index (κ1) is 19.5. The Balaban J connectivity index is 1.61. The number of amides is 2. The highest BCUT2D eigenvalue weighted by Crippen LogP contribution is 2.21.